The molecule has 0 aromatic heterocycles. The van der Waals surface area contributed by atoms with E-state index in [2.05, 4.69) is 34.2 Å². The average molecular weight is 345 g/mol. The highest BCUT2D eigenvalue weighted by Crippen LogP contribution is 2.27. The maximum atomic E-state index is 9.16. The lowest BCUT2D eigenvalue weighted by Gasteiger charge is -2.14. The molecule has 0 aliphatic heterocycles. The molecule has 0 spiro atoms. The van der Waals surface area contributed by atoms with Crippen LogP contribution in [0.25, 0.3) is 0 Å². The molecule has 0 fully saturated rings. The highest BCUT2D eigenvalue weighted by atomic mass is 79.9. The van der Waals surface area contributed by atoms with E-state index in [1.54, 1.807) is 6.07 Å². The van der Waals surface area contributed by atoms with Gasteiger partial charge in [-0.1, -0.05) is 28.9 Å². The van der Waals surface area contributed by atoms with Crippen LogP contribution in [0.1, 0.15) is 25.8 Å². The fraction of sp³-hybridized carbons (Fsp3) is 0.235. The highest BCUT2D eigenvalue weighted by molar-refractivity contribution is 9.10. The largest absolute Gasteiger partial charge is 0.491 e. The summed E-state index contributed by atoms with van der Waals surface area (Å²) in [5.74, 6) is 0.822. The van der Waals surface area contributed by atoms with E-state index in [9.17, 15) is 0 Å². The normalized spacial score (nSPS) is 11.5. The summed E-state index contributed by atoms with van der Waals surface area (Å²) in [5, 5.41) is 12.4. The van der Waals surface area contributed by atoms with Crippen LogP contribution in [0.5, 0.6) is 5.75 Å². The smallest absolute Gasteiger partial charge is 0.121 e. The van der Waals surface area contributed by atoms with E-state index < -0.39 is 0 Å². The van der Waals surface area contributed by atoms with Crippen LogP contribution in [0.2, 0.25) is 0 Å². The minimum Gasteiger partial charge on any atom is -0.491 e. The number of halogens is 1. The van der Waals surface area contributed by atoms with Gasteiger partial charge < -0.3 is 10.1 Å². The molecule has 0 amide bonds. The predicted octanol–water partition coefficient (Wildman–Crippen LogP) is 5.24. The van der Waals surface area contributed by atoms with E-state index in [4.69, 9.17) is 10.00 Å². The Morgan fingerprint density at radius 3 is 2.81 bits per heavy atom. The van der Waals surface area contributed by atoms with Gasteiger partial charge in [-0.3, -0.25) is 0 Å². The molecular weight excluding hydrogens is 328 g/mol. The summed E-state index contributed by atoms with van der Waals surface area (Å²) >= 11 is 3.42. The lowest BCUT2D eigenvalue weighted by atomic mass is 10.2. The summed E-state index contributed by atoms with van der Waals surface area (Å²) in [4.78, 5) is 0. The molecule has 21 heavy (non-hydrogen) atoms. The first-order valence-electron chi connectivity index (χ1n) is 6.85. The monoisotopic (exact) mass is 344 g/mol. The molecule has 0 aliphatic rings. The molecule has 2 aromatic rings. The maximum absolute atomic E-state index is 9.16. The van der Waals surface area contributed by atoms with Gasteiger partial charge in [0.2, 0.25) is 0 Å². The first-order valence-corrected chi connectivity index (χ1v) is 7.65. The van der Waals surface area contributed by atoms with E-state index in [0.717, 1.165) is 28.0 Å². The minimum absolute atomic E-state index is 0.181. The van der Waals surface area contributed by atoms with E-state index in [-0.39, 0.29) is 6.10 Å². The van der Waals surface area contributed by atoms with Gasteiger partial charge in [-0.05, 0) is 43.7 Å². The average Bonchev–Trinajstić information content (AvgIpc) is 2.48. The van der Waals surface area contributed by atoms with Gasteiger partial charge >= 0.3 is 0 Å². The Hall–Kier alpha value is -1.99. The fourth-order valence-corrected chi connectivity index (χ4v) is 2.20. The molecular formula is C17H17BrN2O. The van der Waals surface area contributed by atoms with Gasteiger partial charge in [-0.15, -0.1) is 0 Å². The zero-order valence-electron chi connectivity index (χ0n) is 12.1. The van der Waals surface area contributed by atoms with Gasteiger partial charge in [0, 0.05) is 16.2 Å². The van der Waals surface area contributed by atoms with E-state index in [0.29, 0.717) is 5.56 Å². The number of rotatable bonds is 5. The summed E-state index contributed by atoms with van der Waals surface area (Å²) in [7, 11) is 0. The third-order valence-corrected chi connectivity index (χ3v) is 3.62. The van der Waals surface area contributed by atoms with Crippen molar-refractivity contribution in [3.05, 3.63) is 52.5 Å². The molecule has 1 N–H and O–H groups in total. The van der Waals surface area contributed by atoms with Crippen LogP contribution in [-0.2, 0) is 0 Å². The van der Waals surface area contributed by atoms with E-state index in [1.165, 1.54) is 0 Å². The first-order chi connectivity index (χ1) is 10.1. The zero-order chi connectivity index (χ0) is 15.2. The number of hydrogen-bond acceptors (Lipinski definition) is 3. The molecule has 2 aromatic carbocycles. The molecule has 4 heteroatoms. The Bertz CT molecular complexity index is 664. The van der Waals surface area contributed by atoms with E-state index in [1.807, 2.05) is 43.3 Å². The third-order valence-electron chi connectivity index (χ3n) is 3.13. The second-order valence-corrected chi connectivity index (χ2v) is 5.71. The summed E-state index contributed by atoms with van der Waals surface area (Å²) in [6, 6.07) is 15.5. The van der Waals surface area contributed by atoms with Crippen molar-refractivity contribution in [3.8, 4) is 11.8 Å². The Morgan fingerprint density at radius 1 is 1.29 bits per heavy atom. The Morgan fingerprint density at radius 2 is 2.10 bits per heavy atom. The van der Waals surface area contributed by atoms with Gasteiger partial charge in [-0.2, -0.15) is 5.26 Å². The van der Waals surface area contributed by atoms with Crippen molar-refractivity contribution >= 4 is 27.3 Å². The summed E-state index contributed by atoms with van der Waals surface area (Å²) in [6.07, 6.45) is 1.14. The second kappa shape index (κ2) is 7.14. The maximum Gasteiger partial charge on any atom is 0.121 e. The van der Waals surface area contributed by atoms with Crippen molar-refractivity contribution in [2.45, 2.75) is 26.4 Å². The van der Waals surface area contributed by atoms with Crippen LogP contribution in [0, 0.1) is 11.3 Å². The Balaban J connectivity index is 2.22. The van der Waals surface area contributed by atoms with Gasteiger partial charge in [0.25, 0.3) is 0 Å². The summed E-state index contributed by atoms with van der Waals surface area (Å²) in [5.41, 5.74) is 2.27. The number of nitriles is 1. The van der Waals surface area contributed by atoms with Gasteiger partial charge in [0.05, 0.1) is 17.4 Å². The SMILES string of the molecule is CCC(C)Oc1cccc(Nc2cc(Br)ccc2C#N)c1. The van der Waals surface area contributed by atoms with Crippen molar-refractivity contribution in [1.29, 1.82) is 5.26 Å². The number of anilines is 2. The number of hydrogen-bond donors (Lipinski definition) is 1. The van der Waals surface area contributed by atoms with Crippen LogP contribution in [0.15, 0.2) is 46.9 Å². The van der Waals surface area contributed by atoms with Gasteiger partial charge in [0.15, 0.2) is 0 Å². The van der Waals surface area contributed by atoms with Gasteiger partial charge in [0.1, 0.15) is 11.8 Å². The van der Waals surface area contributed by atoms with Crippen molar-refractivity contribution in [2.75, 3.05) is 5.32 Å². The summed E-state index contributed by atoms with van der Waals surface area (Å²) < 4.78 is 6.73. The topological polar surface area (TPSA) is 45.0 Å². The Kier molecular flexibility index (Phi) is 5.24. The van der Waals surface area contributed by atoms with Crippen molar-refractivity contribution in [2.24, 2.45) is 0 Å². The molecule has 3 nitrogen and oxygen atoms in total. The Labute approximate surface area is 133 Å². The van der Waals surface area contributed by atoms with Crippen LogP contribution in [0.3, 0.4) is 0 Å². The first kappa shape index (κ1) is 15.4. The predicted molar refractivity (Wildman–Crippen MR) is 89.0 cm³/mol. The number of nitrogens with one attached hydrogen (secondary N) is 1. The van der Waals surface area contributed by atoms with Crippen LogP contribution < -0.4 is 10.1 Å². The summed E-state index contributed by atoms with van der Waals surface area (Å²) in [6.45, 7) is 4.13. The van der Waals surface area contributed by atoms with E-state index >= 15 is 0 Å². The molecule has 108 valence electrons. The number of benzene rings is 2. The molecule has 0 saturated carbocycles. The quantitative estimate of drug-likeness (QED) is 0.806. The molecule has 1 unspecified atom stereocenters. The molecule has 0 bridgehead atoms. The standard InChI is InChI=1S/C17H17BrN2O/c1-3-12(2)21-16-6-4-5-15(10-16)20-17-9-14(18)8-7-13(17)11-19/h4-10,12,20H,3H2,1-2H3. The molecule has 0 aliphatic carbocycles. The minimum atomic E-state index is 0.181. The third kappa shape index (κ3) is 4.24. The van der Waals surface area contributed by atoms with Gasteiger partial charge in [-0.25, -0.2) is 0 Å². The molecule has 0 radical (unpaired) electrons. The van der Waals surface area contributed by atoms with Crippen LogP contribution in [0.4, 0.5) is 11.4 Å². The van der Waals surface area contributed by atoms with Crippen molar-refractivity contribution < 1.29 is 4.74 Å². The molecule has 0 heterocycles. The zero-order valence-corrected chi connectivity index (χ0v) is 13.6. The highest BCUT2D eigenvalue weighted by Gasteiger charge is 2.05. The lowest BCUT2D eigenvalue weighted by Crippen LogP contribution is -2.09. The molecule has 0 saturated heterocycles. The fourth-order valence-electron chi connectivity index (χ4n) is 1.84. The van der Waals surface area contributed by atoms with Crippen molar-refractivity contribution in [1.82, 2.24) is 0 Å². The van der Waals surface area contributed by atoms with Crippen molar-refractivity contribution in [3.63, 3.8) is 0 Å². The van der Waals surface area contributed by atoms with Crippen LogP contribution in [-0.4, -0.2) is 6.10 Å². The lowest BCUT2D eigenvalue weighted by molar-refractivity contribution is 0.217. The molecule has 1 atom stereocenters. The van der Waals surface area contributed by atoms with Crippen LogP contribution >= 0.6 is 15.9 Å². The second-order valence-electron chi connectivity index (χ2n) is 4.79. The number of ether oxygens (including phenoxy) is 1. The number of nitrogens with zero attached hydrogens (tertiary/aromatic N) is 1. The molecule has 2 rings (SSSR count).